The van der Waals surface area contributed by atoms with Gasteiger partial charge in [-0.05, 0) is 31.5 Å². The maximum absolute atomic E-state index is 13.3. The number of benzene rings is 1. The van der Waals surface area contributed by atoms with Gasteiger partial charge in [-0.2, -0.15) is 13.2 Å². The Balaban J connectivity index is 1.98. The number of aromatic nitrogens is 2. The SMILES string of the molecule is Nc1ccccc1S(=O)c1nc(N[C@H]2CCCNC2)ncc1C(F)(F)F. The van der Waals surface area contributed by atoms with Crippen LogP contribution in [0.5, 0.6) is 0 Å². The number of nitrogens with two attached hydrogens (primary N) is 1. The number of anilines is 2. The Hall–Kier alpha value is -2.20. The number of nitrogen functional groups attached to an aromatic ring is 1. The van der Waals surface area contributed by atoms with E-state index < -0.39 is 27.6 Å². The summed E-state index contributed by atoms with van der Waals surface area (Å²) in [4.78, 5) is 7.77. The zero-order valence-corrected chi connectivity index (χ0v) is 14.5. The highest BCUT2D eigenvalue weighted by atomic mass is 32.2. The highest BCUT2D eigenvalue weighted by molar-refractivity contribution is 7.85. The van der Waals surface area contributed by atoms with E-state index in [1.165, 1.54) is 12.1 Å². The maximum atomic E-state index is 13.3. The lowest BCUT2D eigenvalue weighted by Crippen LogP contribution is -2.38. The lowest BCUT2D eigenvalue weighted by atomic mass is 10.1. The van der Waals surface area contributed by atoms with E-state index in [9.17, 15) is 17.4 Å². The van der Waals surface area contributed by atoms with Crippen LogP contribution in [0.25, 0.3) is 0 Å². The van der Waals surface area contributed by atoms with Crippen LogP contribution < -0.4 is 16.4 Å². The maximum Gasteiger partial charge on any atom is 0.420 e. The van der Waals surface area contributed by atoms with Gasteiger partial charge < -0.3 is 16.4 Å². The Labute approximate surface area is 150 Å². The van der Waals surface area contributed by atoms with Crippen LogP contribution in [0.15, 0.2) is 40.4 Å². The van der Waals surface area contributed by atoms with E-state index in [2.05, 4.69) is 20.6 Å². The monoisotopic (exact) mass is 385 g/mol. The minimum Gasteiger partial charge on any atom is -0.398 e. The zero-order chi connectivity index (χ0) is 18.7. The first-order chi connectivity index (χ1) is 12.4. The topological polar surface area (TPSA) is 92.9 Å². The van der Waals surface area contributed by atoms with Crippen LogP contribution in [0.2, 0.25) is 0 Å². The highest BCUT2D eigenvalue weighted by Gasteiger charge is 2.37. The zero-order valence-electron chi connectivity index (χ0n) is 13.7. The average molecular weight is 385 g/mol. The van der Waals surface area contributed by atoms with E-state index in [-0.39, 0.29) is 22.6 Å². The standard InChI is InChI=1S/C16H18F3N5OS/c17-16(18,19)11-9-22-15(23-10-4-3-7-21-8-10)24-14(11)26(25)13-6-2-1-5-12(13)20/h1-2,5-6,9-10,21H,3-4,7-8,20H2,(H,22,23,24)/t10-,26?/m0/s1. The molecule has 0 amide bonds. The number of piperidine rings is 1. The van der Waals surface area contributed by atoms with Crippen molar-refractivity contribution in [3.63, 3.8) is 0 Å². The Bertz CT molecular complexity index is 809. The molecule has 140 valence electrons. The second-order valence-corrected chi connectivity index (χ2v) is 7.27. The predicted molar refractivity (Wildman–Crippen MR) is 92.1 cm³/mol. The molecule has 1 aromatic heterocycles. The number of rotatable bonds is 4. The Morgan fingerprint density at radius 3 is 2.73 bits per heavy atom. The fraction of sp³-hybridized carbons (Fsp3) is 0.375. The molecule has 2 aromatic rings. The van der Waals surface area contributed by atoms with Crippen LogP contribution in [0, 0.1) is 0 Å². The number of hydrogen-bond donors (Lipinski definition) is 3. The van der Waals surface area contributed by atoms with Gasteiger partial charge in [0.2, 0.25) is 5.95 Å². The second-order valence-electron chi connectivity index (χ2n) is 5.90. The van der Waals surface area contributed by atoms with Crippen molar-refractivity contribution < 1.29 is 17.4 Å². The van der Waals surface area contributed by atoms with Crippen LogP contribution in [0.4, 0.5) is 24.8 Å². The van der Waals surface area contributed by atoms with Crippen LogP contribution in [-0.4, -0.2) is 33.3 Å². The molecule has 1 aliphatic rings. The molecule has 1 saturated heterocycles. The molecule has 0 aliphatic carbocycles. The Morgan fingerprint density at radius 2 is 2.08 bits per heavy atom. The largest absolute Gasteiger partial charge is 0.420 e. The first kappa shape index (κ1) is 18.6. The fourth-order valence-corrected chi connectivity index (χ4v) is 3.91. The lowest BCUT2D eigenvalue weighted by Gasteiger charge is -2.24. The molecule has 1 aliphatic heterocycles. The normalized spacial score (nSPS) is 19.1. The molecular formula is C16H18F3N5OS. The molecule has 1 aromatic carbocycles. The summed E-state index contributed by atoms with van der Waals surface area (Å²) in [6, 6.07) is 6.08. The smallest absolute Gasteiger partial charge is 0.398 e. The number of nitrogens with zero attached hydrogens (tertiary/aromatic N) is 2. The minimum absolute atomic E-state index is 0.00330. The van der Waals surface area contributed by atoms with Gasteiger partial charge in [0.1, 0.15) is 21.4 Å². The van der Waals surface area contributed by atoms with Gasteiger partial charge in [0, 0.05) is 24.5 Å². The molecule has 10 heteroatoms. The van der Waals surface area contributed by atoms with Crippen molar-refractivity contribution in [2.45, 2.75) is 35.0 Å². The summed E-state index contributed by atoms with van der Waals surface area (Å²) in [6.07, 6.45) is -2.27. The lowest BCUT2D eigenvalue weighted by molar-refractivity contribution is -0.140. The predicted octanol–water partition coefficient (Wildman–Crippen LogP) is 2.41. The molecule has 0 bridgehead atoms. The number of nitrogens with one attached hydrogen (secondary N) is 2. The fourth-order valence-electron chi connectivity index (χ4n) is 2.68. The summed E-state index contributed by atoms with van der Waals surface area (Å²) in [5, 5.41) is 5.59. The third-order valence-electron chi connectivity index (χ3n) is 3.98. The van der Waals surface area contributed by atoms with Crippen LogP contribution in [0.1, 0.15) is 18.4 Å². The summed E-state index contributed by atoms with van der Waals surface area (Å²) < 4.78 is 52.8. The van der Waals surface area contributed by atoms with Crippen molar-refractivity contribution in [1.82, 2.24) is 15.3 Å². The first-order valence-corrected chi connectivity index (χ1v) is 9.19. The van der Waals surface area contributed by atoms with Gasteiger partial charge in [0.05, 0.1) is 4.90 Å². The summed E-state index contributed by atoms with van der Waals surface area (Å²) in [7, 11) is -2.18. The van der Waals surface area contributed by atoms with Gasteiger partial charge in [0.25, 0.3) is 0 Å². The van der Waals surface area contributed by atoms with Crippen molar-refractivity contribution in [2.75, 3.05) is 24.1 Å². The third kappa shape index (κ3) is 4.13. The van der Waals surface area contributed by atoms with E-state index in [1.54, 1.807) is 12.1 Å². The van der Waals surface area contributed by atoms with Crippen LogP contribution >= 0.6 is 0 Å². The number of para-hydroxylation sites is 1. The molecule has 2 heterocycles. The number of halogens is 3. The van der Waals surface area contributed by atoms with Gasteiger partial charge in [-0.1, -0.05) is 12.1 Å². The summed E-state index contributed by atoms with van der Waals surface area (Å²) in [6.45, 7) is 1.56. The molecule has 0 saturated carbocycles. The van der Waals surface area contributed by atoms with Crippen LogP contribution in [-0.2, 0) is 17.0 Å². The van der Waals surface area contributed by atoms with Crippen molar-refractivity contribution in [2.24, 2.45) is 0 Å². The van der Waals surface area contributed by atoms with Gasteiger partial charge in [-0.3, -0.25) is 0 Å². The molecule has 0 spiro atoms. The van der Waals surface area contributed by atoms with Crippen molar-refractivity contribution >= 4 is 22.4 Å². The molecule has 1 fully saturated rings. The van der Waals surface area contributed by atoms with Crippen molar-refractivity contribution in [3.8, 4) is 0 Å². The second kappa shape index (κ2) is 7.58. The molecule has 26 heavy (non-hydrogen) atoms. The first-order valence-electron chi connectivity index (χ1n) is 8.04. The molecular weight excluding hydrogens is 367 g/mol. The third-order valence-corrected chi connectivity index (χ3v) is 5.42. The number of hydrogen-bond acceptors (Lipinski definition) is 6. The van der Waals surface area contributed by atoms with Crippen LogP contribution in [0.3, 0.4) is 0 Å². The van der Waals surface area contributed by atoms with E-state index in [0.717, 1.165) is 19.4 Å². The van der Waals surface area contributed by atoms with E-state index >= 15 is 0 Å². The number of alkyl halides is 3. The van der Waals surface area contributed by atoms with Gasteiger partial charge >= 0.3 is 6.18 Å². The molecule has 3 rings (SSSR count). The van der Waals surface area contributed by atoms with Gasteiger partial charge in [-0.15, -0.1) is 0 Å². The van der Waals surface area contributed by atoms with Gasteiger partial charge in [0.15, 0.2) is 0 Å². The molecule has 1 unspecified atom stereocenters. The minimum atomic E-state index is -4.72. The van der Waals surface area contributed by atoms with E-state index in [0.29, 0.717) is 12.7 Å². The van der Waals surface area contributed by atoms with Crippen molar-refractivity contribution in [1.29, 1.82) is 0 Å². The molecule has 4 N–H and O–H groups in total. The quantitative estimate of drug-likeness (QED) is 0.553. The van der Waals surface area contributed by atoms with E-state index in [1.807, 2.05) is 0 Å². The Morgan fingerprint density at radius 1 is 1.31 bits per heavy atom. The molecule has 6 nitrogen and oxygen atoms in total. The Kier molecular flexibility index (Phi) is 5.42. The highest BCUT2D eigenvalue weighted by Crippen LogP contribution is 2.35. The average Bonchev–Trinajstić information content (AvgIpc) is 2.61. The summed E-state index contributed by atoms with van der Waals surface area (Å²) in [5.74, 6) is 0.0181. The van der Waals surface area contributed by atoms with E-state index in [4.69, 9.17) is 5.73 Å². The summed E-state index contributed by atoms with van der Waals surface area (Å²) in [5.41, 5.74) is 4.77. The molecule has 2 atom stereocenters. The summed E-state index contributed by atoms with van der Waals surface area (Å²) >= 11 is 0. The molecule has 0 radical (unpaired) electrons. The van der Waals surface area contributed by atoms with Crippen molar-refractivity contribution in [3.05, 3.63) is 36.0 Å². The van der Waals surface area contributed by atoms with Gasteiger partial charge in [-0.25, -0.2) is 14.2 Å².